The largest absolute Gasteiger partial charge is 0.416 e. The molecule has 1 aromatic carbocycles. The number of benzene rings is 1. The van der Waals surface area contributed by atoms with E-state index in [2.05, 4.69) is 10.4 Å². The highest BCUT2D eigenvalue weighted by atomic mass is 19.4. The molecule has 10 heteroatoms. The van der Waals surface area contributed by atoms with Gasteiger partial charge in [0.2, 0.25) is 0 Å². The van der Waals surface area contributed by atoms with Gasteiger partial charge in [0.1, 0.15) is 0 Å². The van der Waals surface area contributed by atoms with Crippen LogP contribution >= 0.6 is 0 Å². The predicted octanol–water partition coefficient (Wildman–Crippen LogP) is 2.06. The average Bonchev–Trinajstić information content (AvgIpc) is 3.00. The van der Waals surface area contributed by atoms with Crippen molar-refractivity contribution < 1.29 is 27.9 Å². The zero-order valence-corrected chi connectivity index (χ0v) is 14.9. The summed E-state index contributed by atoms with van der Waals surface area (Å²) in [7, 11) is 1.38. The molecule has 0 spiro atoms. The number of hydrogen-bond donors (Lipinski definition) is 2. The quantitative estimate of drug-likeness (QED) is 0.790. The Bertz CT molecular complexity index is 823. The van der Waals surface area contributed by atoms with Crippen molar-refractivity contribution in [3.05, 3.63) is 42.2 Å². The Morgan fingerprint density at radius 1 is 1.22 bits per heavy atom. The fraction of sp³-hybridized carbons (Fsp3) is 0.353. The first-order valence-electron chi connectivity index (χ1n) is 7.88. The smallest absolute Gasteiger partial charge is 0.389 e. The molecule has 0 saturated heterocycles. The van der Waals surface area contributed by atoms with Crippen molar-refractivity contribution in [2.24, 2.45) is 0 Å². The van der Waals surface area contributed by atoms with Gasteiger partial charge in [0.25, 0.3) is 0 Å². The Morgan fingerprint density at radius 3 is 2.33 bits per heavy atom. The Hall–Kier alpha value is -2.88. The zero-order chi connectivity index (χ0) is 20.4. The van der Waals surface area contributed by atoms with Crippen LogP contribution in [0.1, 0.15) is 19.4 Å². The SMILES string of the molecule is CN(CC(C)(C)O)C(=O)C(=O)Nc1cnn(-c2ccc(C(F)(F)F)cc2)c1. The normalized spacial score (nSPS) is 12.0. The van der Waals surface area contributed by atoms with Gasteiger partial charge in [-0.25, -0.2) is 4.68 Å². The minimum Gasteiger partial charge on any atom is -0.389 e. The molecule has 0 saturated carbocycles. The molecular weight excluding hydrogens is 365 g/mol. The number of aromatic nitrogens is 2. The summed E-state index contributed by atoms with van der Waals surface area (Å²) in [5.41, 5.74) is -1.38. The molecule has 0 radical (unpaired) electrons. The molecule has 1 heterocycles. The van der Waals surface area contributed by atoms with E-state index in [1.54, 1.807) is 0 Å². The van der Waals surface area contributed by atoms with Gasteiger partial charge in [-0.3, -0.25) is 9.59 Å². The molecule has 146 valence electrons. The van der Waals surface area contributed by atoms with E-state index in [0.29, 0.717) is 5.69 Å². The molecule has 2 aromatic rings. The Labute approximate surface area is 153 Å². The second-order valence-electron chi connectivity index (χ2n) is 6.65. The summed E-state index contributed by atoms with van der Waals surface area (Å²) in [6.45, 7) is 2.97. The summed E-state index contributed by atoms with van der Waals surface area (Å²) >= 11 is 0. The molecule has 7 nitrogen and oxygen atoms in total. The summed E-state index contributed by atoms with van der Waals surface area (Å²) < 4.78 is 39.0. The molecule has 0 fully saturated rings. The van der Waals surface area contributed by atoms with Gasteiger partial charge in [-0.2, -0.15) is 18.3 Å². The lowest BCUT2D eigenvalue weighted by Gasteiger charge is -2.24. The van der Waals surface area contributed by atoms with Crippen LogP contribution in [0.15, 0.2) is 36.7 Å². The van der Waals surface area contributed by atoms with Crippen LogP contribution in [-0.4, -0.2) is 50.8 Å². The number of nitrogens with one attached hydrogen (secondary N) is 1. The van der Waals surface area contributed by atoms with Crippen molar-refractivity contribution in [2.75, 3.05) is 18.9 Å². The fourth-order valence-corrected chi connectivity index (χ4v) is 2.34. The molecule has 0 unspecified atom stereocenters. The first-order valence-corrected chi connectivity index (χ1v) is 7.88. The lowest BCUT2D eigenvalue weighted by Crippen LogP contribution is -2.44. The maximum absolute atomic E-state index is 12.6. The first-order chi connectivity index (χ1) is 12.4. The van der Waals surface area contributed by atoms with E-state index in [9.17, 15) is 27.9 Å². The van der Waals surface area contributed by atoms with Gasteiger partial charge >= 0.3 is 18.0 Å². The van der Waals surface area contributed by atoms with Crippen LogP contribution in [0.3, 0.4) is 0 Å². The van der Waals surface area contributed by atoms with E-state index in [-0.39, 0.29) is 12.2 Å². The number of alkyl halides is 3. The van der Waals surface area contributed by atoms with Crippen LogP contribution in [0.5, 0.6) is 0 Å². The molecule has 0 aliphatic heterocycles. The molecule has 2 amide bonds. The summed E-state index contributed by atoms with van der Waals surface area (Å²) in [4.78, 5) is 25.1. The maximum Gasteiger partial charge on any atom is 0.416 e. The maximum atomic E-state index is 12.6. The van der Waals surface area contributed by atoms with Gasteiger partial charge in [0.05, 0.1) is 34.9 Å². The number of carbonyl (C=O) groups is 2. The zero-order valence-electron chi connectivity index (χ0n) is 14.9. The van der Waals surface area contributed by atoms with Crippen LogP contribution in [0.4, 0.5) is 18.9 Å². The van der Waals surface area contributed by atoms with Gasteiger partial charge in [-0.1, -0.05) is 0 Å². The lowest BCUT2D eigenvalue weighted by atomic mass is 10.1. The monoisotopic (exact) mass is 384 g/mol. The van der Waals surface area contributed by atoms with Crippen molar-refractivity contribution in [3.63, 3.8) is 0 Å². The molecule has 0 aliphatic rings. The minimum absolute atomic E-state index is 0.0376. The topological polar surface area (TPSA) is 87.5 Å². The van der Waals surface area contributed by atoms with E-state index >= 15 is 0 Å². The number of carbonyl (C=O) groups excluding carboxylic acids is 2. The third-order valence-electron chi connectivity index (χ3n) is 3.46. The van der Waals surface area contributed by atoms with Gasteiger partial charge in [-0.05, 0) is 38.1 Å². The van der Waals surface area contributed by atoms with Gasteiger partial charge in [0, 0.05) is 13.6 Å². The van der Waals surface area contributed by atoms with Crippen LogP contribution in [-0.2, 0) is 15.8 Å². The van der Waals surface area contributed by atoms with Crippen molar-refractivity contribution >= 4 is 17.5 Å². The Kier molecular flexibility index (Phi) is 5.59. The number of amides is 2. The molecule has 2 N–H and O–H groups in total. The van der Waals surface area contributed by atoms with E-state index in [1.807, 2.05) is 0 Å². The minimum atomic E-state index is -4.43. The standard InChI is InChI=1S/C17H19F3N4O3/c1-16(2,27)10-23(3)15(26)14(25)22-12-8-21-24(9-12)13-6-4-11(5-7-13)17(18,19)20/h4-9,27H,10H2,1-3H3,(H,22,25). The number of halogens is 3. The Morgan fingerprint density at radius 2 is 1.81 bits per heavy atom. The molecular formula is C17H19F3N4O3. The third-order valence-corrected chi connectivity index (χ3v) is 3.46. The van der Waals surface area contributed by atoms with E-state index in [1.165, 1.54) is 50.1 Å². The van der Waals surface area contributed by atoms with Crippen LogP contribution in [0.25, 0.3) is 5.69 Å². The van der Waals surface area contributed by atoms with Crippen LogP contribution in [0, 0.1) is 0 Å². The van der Waals surface area contributed by atoms with Crippen molar-refractivity contribution in [1.29, 1.82) is 0 Å². The van der Waals surface area contributed by atoms with Crippen LogP contribution in [0.2, 0.25) is 0 Å². The van der Waals surface area contributed by atoms with Gasteiger partial charge in [0.15, 0.2) is 0 Å². The highest BCUT2D eigenvalue weighted by molar-refractivity contribution is 6.39. The molecule has 2 rings (SSSR count). The molecule has 0 aliphatic carbocycles. The predicted molar refractivity (Wildman–Crippen MR) is 91.1 cm³/mol. The van der Waals surface area contributed by atoms with E-state index in [4.69, 9.17) is 0 Å². The number of anilines is 1. The number of hydrogen-bond acceptors (Lipinski definition) is 4. The average molecular weight is 384 g/mol. The molecule has 0 bridgehead atoms. The molecule has 0 atom stereocenters. The second-order valence-corrected chi connectivity index (χ2v) is 6.65. The van der Waals surface area contributed by atoms with Crippen LogP contribution < -0.4 is 5.32 Å². The van der Waals surface area contributed by atoms with Gasteiger partial charge in [-0.15, -0.1) is 0 Å². The third kappa shape index (κ3) is 5.55. The summed E-state index contributed by atoms with van der Waals surface area (Å²) in [5, 5.41) is 16.0. The number of aliphatic hydroxyl groups is 1. The fourth-order valence-electron chi connectivity index (χ4n) is 2.34. The highest BCUT2D eigenvalue weighted by Crippen LogP contribution is 2.29. The molecule has 1 aromatic heterocycles. The van der Waals surface area contributed by atoms with E-state index in [0.717, 1.165) is 17.0 Å². The summed E-state index contributed by atoms with van der Waals surface area (Å²) in [6.07, 6.45) is -1.81. The molecule has 27 heavy (non-hydrogen) atoms. The summed E-state index contributed by atoms with van der Waals surface area (Å²) in [5.74, 6) is -1.77. The van der Waals surface area contributed by atoms with E-state index < -0.39 is 29.2 Å². The summed E-state index contributed by atoms with van der Waals surface area (Å²) in [6, 6.07) is 4.32. The number of rotatable bonds is 4. The van der Waals surface area contributed by atoms with Gasteiger partial charge < -0.3 is 15.3 Å². The van der Waals surface area contributed by atoms with Crippen molar-refractivity contribution in [2.45, 2.75) is 25.6 Å². The van der Waals surface area contributed by atoms with Crippen molar-refractivity contribution in [3.8, 4) is 5.69 Å². The Balaban J connectivity index is 2.05. The number of nitrogens with zero attached hydrogens (tertiary/aromatic N) is 3. The lowest BCUT2D eigenvalue weighted by molar-refractivity contribution is -0.143. The highest BCUT2D eigenvalue weighted by Gasteiger charge is 2.30. The van der Waals surface area contributed by atoms with Crippen molar-refractivity contribution in [1.82, 2.24) is 14.7 Å². The number of likely N-dealkylation sites (N-methyl/N-ethyl adjacent to an activating group) is 1. The second kappa shape index (κ2) is 7.39. The first kappa shape index (κ1) is 20.4.